The van der Waals surface area contributed by atoms with Gasteiger partial charge in [0.2, 0.25) is 0 Å². The lowest BCUT2D eigenvalue weighted by Gasteiger charge is -2.06. The van der Waals surface area contributed by atoms with Crippen LogP contribution in [0.15, 0.2) is 34.8 Å². The van der Waals surface area contributed by atoms with Crippen molar-refractivity contribution in [3.05, 3.63) is 46.3 Å². The summed E-state index contributed by atoms with van der Waals surface area (Å²) >= 11 is 3.46. The number of aromatic nitrogens is 2. The molecule has 94 valence electrons. The summed E-state index contributed by atoms with van der Waals surface area (Å²) in [7, 11) is 0. The molecule has 0 saturated heterocycles. The summed E-state index contributed by atoms with van der Waals surface area (Å²) in [6.07, 6.45) is 1.40. The largest absolute Gasteiger partial charge is 0.396 e. The number of aliphatic hydroxyl groups excluding tert-OH is 1. The number of nitrogens with zero attached hydrogens (tertiary/aromatic N) is 2. The van der Waals surface area contributed by atoms with E-state index in [1.54, 1.807) is 0 Å². The maximum Gasteiger partial charge on any atom is 0.129 e. The molecule has 0 amide bonds. The molecule has 1 N–H and O–H groups in total. The average Bonchev–Trinajstić information content (AvgIpc) is 2.36. The Morgan fingerprint density at radius 2 is 2.06 bits per heavy atom. The van der Waals surface area contributed by atoms with Crippen molar-refractivity contribution in [3.8, 4) is 11.3 Å². The van der Waals surface area contributed by atoms with Crippen LogP contribution in [0.5, 0.6) is 0 Å². The third-order valence-corrected chi connectivity index (χ3v) is 3.07. The van der Waals surface area contributed by atoms with Crippen molar-refractivity contribution in [2.45, 2.75) is 19.8 Å². The Balaban J connectivity index is 2.35. The molecule has 1 heterocycles. The summed E-state index contributed by atoms with van der Waals surface area (Å²) in [5.41, 5.74) is 2.95. The van der Waals surface area contributed by atoms with Crippen molar-refractivity contribution in [1.82, 2.24) is 9.97 Å². The highest BCUT2D eigenvalue weighted by Crippen LogP contribution is 2.22. The fourth-order valence-electron chi connectivity index (χ4n) is 1.77. The molecule has 4 heteroatoms. The smallest absolute Gasteiger partial charge is 0.129 e. The standard InChI is InChI=1S/C14H15BrN2O/c1-10-8-13(11-4-2-5-12(15)9-11)17-14(16-10)6-3-7-18/h2,4-5,8-9,18H,3,6-7H2,1H3. The Labute approximate surface area is 115 Å². The van der Waals surface area contributed by atoms with Crippen molar-refractivity contribution in [1.29, 1.82) is 0 Å². The maximum atomic E-state index is 8.86. The normalized spacial score (nSPS) is 10.6. The third kappa shape index (κ3) is 3.37. The third-order valence-electron chi connectivity index (χ3n) is 2.58. The molecule has 2 aromatic rings. The number of benzene rings is 1. The first-order valence-corrected chi connectivity index (χ1v) is 6.69. The van der Waals surface area contributed by atoms with E-state index in [1.165, 1.54) is 0 Å². The Morgan fingerprint density at radius 1 is 1.22 bits per heavy atom. The van der Waals surface area contributed by atoms with E-state index in [9.17, 15) is 0 Å². The van der Waals surface area contributed by atoms with Gasteiger partial charge in [-0.15, -0.1) is 0 Å². The van der Waals surface area contributed by atoms with Gasteiger partial charge in [0.05, 0.1) is 5.69 Å². The lowest BCUT2D eigenvalue weighted by molar-refractivity contribution is 0.287. The van der Waals surface area contributed by atoms with Crippen LogP contribution in [0.3, 0.4) is 0 Å². The molecule has 0 aliphatic rings. The molecule has 3 nitrogen and oxygen atoms in total. The molecule has 0 saturated carbocycles. The first-order valence-electron chi connectivity index (χ1n) is 5.90. The minimum atomic E-state index is 0.170. The number of hydrogen-bond acceptors (Lipinski definition) is 3. The van der Waals surface area contributed by atoms with Crippen LogP contribution in [0, 0.1) is 6.92 Å². The van der Waals surface area contributed by atoms with Gasteiger partial charge < -0.3 is 5.11 Å². The lowest BCUT2D eigenvalue weighted by atomic mass is 10.1. The Morgan fingerprint density at radius 3 is 2.78 bits per heavy atom. The number of aliphatic hydroxyl groups is 1. The topological polar surface area (TPSA) is 46.0 Å². The van der Waals surface area contributed by atoms with E-state index >= 15 is 0 Å². The lowest BCUT2D eigenvalue weighted by Crippen LogP contribution is -2.00. The second-order valence-corrected chi connectivity index (χ2v) is 5.06. The average molecular weight is 307 g/mol. The first-order chi connectivity index (χ1) is 8.69. The van der Waals surface area contributed by atoms with Gasteiger partial charge in [-0.1, -0.05) is 28.1 Å². The van der Waals surface area contributed by atoms with Crippen LogP contribution < -0.4 is 0 Å². The van der Waals surface area contributed by atoms with Gasteiger partial charge >= 0.3 is 0 Å². The molecule has 0 spiro atoms. The van der Waals surface area contributed by atoms with Crippen LogP contribution in [0.4, 0.5) is 0 Å². The zero-order chi connectivity index (χ0) is 13.0. The van der Waals surface area contributed by atoms with Crippen molar-refractivity contribution < 1.29 is 5.11 Å². The molecule has 0 aliphatic heterocycles. The monoisotopic (exact) mass is 306 g/mol. The second-order valence-electron chi connectivity index (χ2n) is 4.15. The number of rotatable bonds is 4. The Kier molecular flexibility index (Phi) is 4.44. The van der Waals surface area contributed by atoms with E-state index in [4.69, 9.17) is 5.11 Å². The Bertz CT molecular complexity index is 543. The fraction of sp³-hybridized carbons (Fsp3) is 0.286. The molecule has 1 aromatic heterocycles. The van der Waals surface area contributed by atoms with E-state index in [0.29, 0.717) is 12.8 Å². The summed E-state index contributed by atoms with van der Waals surface area (Å²) in [5, 5.41) is 8.86. The van der Waals surface area contributed by atoms with E-state index < -0.39 is 0 Å². The minimum absolute atomic E-state index is 0.170. The zero-order valence-electron chi connectivity index (χ0n) is 10.2. The van der Waals surface area contributed by atoms with Gasteiger partial charge in [-0.3, -0.25) is 0 Å². The molecule has 0 radical (unpaired) electrons. The quantitative estimate of drug-likeness (QED) is 0.944. The molecule has 0 fully saturated rings. The number of aryl methyl sites for hydroxylation is 2. The summed E-state index contributed by atoms with van der Waals surface area (Å²) in [6.45, 7) is 2.13. The summed E-state index contributed by atoms with van der Waals surface area (Å²) in [6, 6.07) is 10.0. The van der Waals surface area contributed by atoms with Gasteiger partial charge in [0, 0.05) is 28.8 Å². The van der Waals surface area contributed by atoms with Crippen LogP contribution in [0.2, 0.25) is 0 Å². The predicted octanol–water partition coefficient (Wildman–Crippen LogP) is 3.14. The highest BCUT2D eigenvalue weighted by molar-refractivity contribution is 9.10. The van der Waals surface area contributed by atoms with Crippen molar-refractivity contribution in [3.63, 3.8) is 0 Å². The first kappa shape index (κ1) is 13.2. The van der Waals surface area contributed by atoms with Crippen molar-refractivity contribution in [2.75, 3.05) is 6.61 Å². The fourth-order valence-corrected chi connectivity index (χ4v) is 2.17. The van der Waals surface area contributed by atoms with Crippen molar-refractivity contribution in [2.24, 2.45) is 0 Å². The molecule has 2 rings (SSSR count). The van der Waals surface area contributed by atoms with Crippen LogP contribution in [-0.2, 0) is 6.42 Å². The van der Waals surface area contributed by atoms with Gasteiger partial charge in [0.15, 0.2) is 0 Å². The van der Waals surface area contributed by atoms with Gasteiger partial charge in [0.25, 0.3) is 0 Å². The molecular formula is C14H15BrN2O. The molecule has 1 aromatic carbocycles. The number of halogens is 1. The molecule has 0 bridgehead atoms. The Hall–Kier alpha value is -1.26. The highest BCUT2D eigenvalue weighted by atomic mass is 79.9. The van der Waals surface area contributed by atoms with Crippen LogP contribution in [-0.4, -0.2) is 21.7 Å². The molecular weight excluding hydrogens is 292 g/mol. The summed E-state index contributed by atoms with van der Waals surface area (Å²) < 4.78 is 1.04. The van der Waals surface area contributed by atoms with E-state index in [0.717, 1.165) is 27.2 Å². The number of hydrogen-bond donors (Lipinski definition) is 1. The van der Waals surface area contributed by atoms with Crippen molar-refractivity contribution >= 4 is 15.9 Å². The molecule has 18 heavy (non-hydrogen) atoms. The summed E-state index contributed by atoms with van der Waals surface area (Å²) in [4.78, 5) is 8.92. The van der Waals surface area contributed by atoms with Crippen LogP contribution >= 0.6 is 15.9 Å². The van der Waals surface area contributed by atoms with Gasteiger partial charge in [-0.2, -0.15) is 0 Å². The van der Waals surface area contributed by atoms with E-state index in [2.05, 4.69) is 25.9 Å². The SMILES string of the molecule is Cc1cc(-c2cccc(Br)c2)nc(CCCO)n1. The maximum absolute atomic E-state index is 8.86. The van der Waals surface area contributed by atoms with Gasteiger partial charge in [-0.05, 0) is 31.5 Å². The highest BCUT2D eigenvalue weighted by Gasteiger charge is 2.05. The zero-order valence-corrected chi connectivity index (χ0v) is 11.8. The van der Waals surface area contributed by atoms with E-state index in [1.807, 2.05) is 37.3 Å². The minimum Gasteiger partial charge on any atom is -0.396 e. The van der Waals surface area contributed by atoms with Gasteiger partial charge in [0.1, 0.15) is 5.82 Å². The predicted molar refractivity (Wildman–Crippen MR) is 75.3 cm³/mol. The second kappa shape index (κ2) is 6.07. The molecule has 0 aliphatic carbocycles. The van der Waals surface area contributed by atoms with E-state index in [-0.39, 0.29) is 6.61 Å². The molecule has 0 atom stereocenters. The van der Waals surface area contributed by atoms with Crippen LogP contribution in [0.25, 0.3) is 11.3 Å². The van der Waals surface area contributed by atoms with Gasteiger partial charge in [-0.25, -0.2) is 9.97 Å². The summed E-state index contributed by atoms with van der Waals surface area (Å²) in [5.74, 6) is 0.791. The molecule has 0 unspecified atom stereocenters. The van der Waals surface area contributed by atoms with Crippen LogP contribution in [0.1, 0.15) is 17.9 Å².